The number of hydrogen-bond acceptors (Lipinski definition) is 0. The van der Waals surface area contributed by atoms with Gasteiger partial charge in [-0.25, -0.2) is 0 Å². The minimum atomic E-state index is -0.0773. The lowest BCUT2D eigenvalue weighted by Gasteiger charge is -2.29. The smallest absolute Gasteiger partial charge is 0.000718 e. The van der Waals surface area contributed by atoms with Crippen molar-refractivity contribution in [2.45, 2.75) is 105 Å². The summed E-state index contributed by atoms with van der Waals surface area (Å²) in [7, 11) is 0. The lowest BCUT2D eigenvalue weighted by Crippen LogP contribution is -2.17. The molecule has 0 N–H and O–H groups in total. The van der Waals surface area contributed by atoms with Gasteiger partial charge in [0.25, 0.3) is 0 Å². The third-order valence-electron chi connectivity index (χ3n) is 19.1. The largest absolute Gasteiger partial charge is 0.0622 e. The van der Waals surface area contributed by atoms with Gasteiger partial charge >= 0.3 is 0 Å². The maximum Gasteiger partial charge on any atom is -0.000718 e. The van der Waals surface area contributed by atoms with Crippen LogP contribution in [0, 0.1) is 0 Å². The Labute approximate surface area is 508 Å². The van der Waals surface area contributed by atoms with E-state index in [2.05, 4.69) is 314 Å². The average Bonchev–Trinajstić information content (AvgIpc) is 1.50. The quantitative estimate of drug-likeness (QED) is 0.146. The van der Waals surface area contributed by atoms with E-state index in [0.717, 1.165) is 0 Å². The van der Waals surface area contributed by atoms with Crippen molar-refractivity contribution in [2.24, 2.45) is 0 Å². The second-order valence-corrected chi connectivity index (χ2v) is 28.8. The molecule has 2 aliphatic carbocycles. The van der Waals surface area contributed by atoms with Gasteiger partial charge in [0.1, 0.15) is 0 Å². The van der Waals surface area contributed by atoms with Gasteiger partial charge in [-0.2, -0.15) is 0 Å². The minimum absolute atomic E-state index is 0.0773. The molecule has 0 saturated heterocycles. The summed E-state index contributed by atoms with van der Waals surface area (Å²) in [6.45, 7) is 28.5. The van der Waals surface area contributed by atoms with Crippen molar-refractivity contribution in [1.29, 1.82) is 0 Å². The number of hydrogen-bond donors (Lipinski definition) is 0. The Morgan fingerprint density at radius 1 is 0.186 bits per heavy atom. The molecule has 0 unspecified atom stereocenters. The number of fused-ring (bicyclic) bond motifs is 9. The summed E-state index contributed by atoms with van der Waals surface area (Å²) in [5, 5.41) is 10.2. The molecule has 0 aliphatic heterocycles. The Bertz CT molecular complexity index is 4600. The fourth-order valence-corrected chi connectivity index (χ4v) is 14.6. The van der Waals surface area contributed by atoms with Gasteiger partial charge in [-0.3, -0.25) is 0 Å². The van der Waals surface area contributed by atoms with Crippen LogP contribution in [0.4, 0.5) is 0 Å². The first-order valence-electron chi connectivity index (χ1n) is 31.1. The molecule has 15 rings (SSSR count). The topological polar surface area (TPSA) is 0 Å². The lowest BCUT2D eigenvalue weighted by atomic mass is 9.75. The zero-order valence-corrected chi connectivity index (χ0v) is 51.9. The Morgan fingerprint density at radius 3 is 0.791 bits per heavy atom. The van der Waals surface area contributed by atoms with E-state index in [-0.39, 0.29) is 21.7 Å². The molecule has 0 aromatic heterocycles. The van der Waals surface area contributed by atoms with Gasteiger partial charge in [-0.1, -0.05) is 301 Å². The minimum Gasteiger partial charge on any atom is -0.0622 e. The SMILES string of the molecule is CC(C)(C)c1cc(-c2c3c(c(-c4cc(C(C)(C)C)cc(C(C)(C)C)c4)c4ccccc24)-c2ccc4c5c(ccc-3c25)-c2c-4c(-c3ccccc3-c3ccccc3)c3cc4ccccc4cc3c2-c2ccccc2-c2ccccc2)cc(C(C)(C)C)c1. The molecule has 0 bridgehead atoms. The van der Waals surface area contributed by atoms with Crippen molar-refractivity contribution in [3.8, 4) is 111 Å². The highest BCUT2D eigenvalue weighted by Gasteiger charge is 2.39. The van der Waals surface area contributed by atoms with Crippen LogP contribution >= 0.6 is 0 Å². The molecule has 13 aromatic carbocycles. The van der Waals surface area contributed by atoms with Gasteiger partial charge in [-0.05, 0) is 210 Å². The summed E-state index contributed by atoms with van der Waals surface area (Å²) in [5.74, 6) is 0. The van der Waals surface area contributed by atoms with Crippen LogP contribution in [-0.2, 0) is 21.7 Å². The van der Waals surface area contributed by atoms with Crippen LogP contribution in [0.15, 0.2) is 231 Å². The Hall–Kier alpha value is -9.10. The highest BCUT2D eigenvalue weighted by Crippen LogP contribution is 2.65. The normalized spacial score (nSPS) is 12.9. The van der Waals surface area contributed by atoms with Crippen LogP contribution in [-0.4, -0.2) is 0 Å². The van der Waals surface area contributed by atoms with Crippen molar-refractivity contribution in [1.82, 2.24) is 0 Å². The van der Waals surface area contributed by atoms with Crippen molar-refractivity contribution >= 4 is 43.1 Å². The lowest BCUT2D eigenvalue weighted by molar-refractivity contribution is 0.568. The monoisotopic (exact) mass is 1110 g/mol. The first kappa shape index (κ1) is 53.6. The van der Waals surface area contributed by atoms with Gasteiger partial charge in [-0.15, -0.1) is 0 Å². The summed E-state index contributed by atoms with van der Waals surface area (Å²) < 4.78 is 0. The standard InChI is InChI=1S/C86H74/c1-83(2,3)57-43-55(44-58(49-57)84(4,5)6)73-65-37-25-26-38-66(65)74(56-45-59(85(7,8)9)50-60(46-56)86(10,11)12)80-68-40-42-70-78-69(41-39-67(77(68)78)79(73)80)81-75(63-35-23-21-33-61(63)51-27-15-13-16-28-51)71-47-53-31-19-20-32-54(53)48-72(71)76(82(70)81)64-36-24-22-34-62(64)52-29-17-14-18-30-52/h13-50H,1-12H3. The average molecular weight is 1110 g/mol. The third kappa shape index (κ3) is 8.38. The molecular weight excluding hydrogens is 1030 g/mol. The van der Waals surface area contributed by atoms with Crippen LogP contribution in [0.3, 0.4) is 0 Å². The summed E-state index contributed by atoms with van der Waals surface area (Å²) in [6.07, 6.45) is 0. The van der Waals surface area contributed by atoms with Gasteiger partial charge < -0.3 is 0 Å². The summed E-state index contributed by atoms with van der Waals surface area (Å²) in [5.41, 5.74) is 30.6. The summed E-state index contributed by atoms with van der Waals surface area (Å²) in [6, 6.07) is 89.0. The molecule has 0 nitrogen and oxygen atoms in total. The summed E-state index contributed by atoms with van der Waals surface area (Å²) in [4.78, 5) is 0. The molecule has 0 amide bonds. The van der Waals surface area contributed by atoms with E-state index in [1.165, 1.54) is 177 Å². The predicted molar refractivity (Wildman–Crippen MR) is 373 cm³/mol. The Balaban J connectivity index is 1.14. The zero-order chi connectivity index (χ0) is 59.3. The van der Waals surface area contributed by atoms with Gasteiger partial charge in [0.2, 0.25) is 0 Å². The van der Waals surface area contributed by atoms with Crippen LogP contribution in [0.2, 0.25) is 0 Å². The van der Waals surface area contributed by atoms with Crippen LogP contribution in [0.25, 0.3) is 154 Å². The summed E-state index contributed by atoms with van der Waals surface area (Å²) >= 11 is 0. The van der Waals surface area contributed by atoms with Gasteiger partial charge in [0.05, 0.1) is 0 Å². The maximum atomic E-state index is 2.54. The second kappa shape index (κ2) is 19.2. The molecule has 0 fully saturated rings. The molecular formula is C86H74. The Morgan fingerprint density at radius 2 is 0.465 bits per heavy atom. The van der Waals surface area contributed by atoms with E-state index in [9.17, 15) is 0 Å². The Kier molecular flexibility index (Phi) is 12.0. The van der Waals surface area contributed by atoms with E-state index in [0.29, 0.717) is 0 Å². The van der Waals surface area contributed by atoms with Crippen molar-refractivity contribution < 1.29 is 0 Å². The molecule has 0 heteroatoms. The zero-order valence-electron chi connectivity index (χ0n) is 51.9. The first-order chi connectivity index (χ1) is 41.2. The van der Waals surface area contributed by atoms with Crippen LogP contribution in [0.1, 0.15) is 105 Å². The molecule has 86 heavy (non-hydrogen) atoms. The molecule has 0 heterocycles. The van der Waals surface area contributed by atoms with Crippen molar-refractivity contribution in [2.75, 3.05) is 0 Å². The number of benzene rings is 13. The number of rotatable bonds is 6. The highest BCUT2D eigenvalue weighted by atomic mass is 14.4. The molecule has 0 atom stereocenters. The molecule has 0 saturated carbocycles. The van der Waals surface area contributed by atoms with E-state index in [1.54, 1.807) is 0 Å². The highest BCUT2D eigenvalue weighted by molar-refractivity contribution is 6.36. The molecule has 0 spiro atoms. The van der Waals surface area contributed by atoms with E-state index >= 15 is 0 Å². The van der Waals surface area contributed by atoms with Gasteiger partial charge in [0, 0.05) is 0 Å². The van der Waals surface area contributed by atoms with E-state index in [4.69, 9.17) is 0 Å². The molecule has 0 radical (unpaired) electrons. The van der Waals surface area contributed by atoms with Crippen molar-refractivity contribution in [3.05, 3.63) is 253 Å². The van der Waals surface area contributed by atoms with Crippen molar-refractivity contribution in [3.63, 3.8) is 0 Å². The van der Waals surface area contributed by atoms with E-state index in [1.807, 2.05) is 0 Å². The molecule has 13 aromatic rings. The molecule has 418 valence electrons. The van der Waals surface area contributed by atoms with Gasteiger partial charge in [0.15, 0.2) is 0 Å². The fraction of sp³-hybridized carbons (Fsp3) is 0.186. The van der Waals surface area contributed by atoms with E-state index < -0.39 is 0 Å². The van der Waals surface area contributed by atoms with Crippen LogP contribution < -0.4 is 0 Å². The van der Waals surface area contributed by atoms with Crippen LogP contribution in [0.5, 0.6) is 0 Å². The third-order valence-corrected chi connectivity index (χ3v) is 19.1. The predicted octanol–water partition coefficient (Wildman–Crippen LogP) is 24.8. The maximum absolute atomic E-state index is 2.54. The fourth-order valence-electron chi connectivity index (χ4n) is 14.6. The first-order valence-corrected chi connectivity index (χ1v) is 31.1. The molecule has 2 aliphatic rings. The second-order valence-electron chi connectivity index (χ2n) is 28.8.